The van der Waals surface area contributed by atoms with E-state index in [-0.39, 0.29) is 0 Å². The van der Waals surface area contributed by atoms with Gasteiger partial charge in [-0.15, -0.1) is 5.92 Å². The largest absolute Gasteiger partial charge is 0.152 e. The zero-order valence-corrected chi connectivity index (χ0v) is 8.61. The Bertz CT molecular complexity index is 274. The van der Waals surface area contributed by atoms with Crippen molar-refractivity contribution in [3.05, 3.63) is 22.4 Å². The minimum Gasteiger partial charge on any atom is -0.152 e. The number of hydrogen-bond donors (Lipinski definition) is 0. The van der Waals surface area contributed by atoms with Gasteiger partial charge in [-0.3, -0.25) is 0 Å². The van der Waals surface area contributed by atoms with Crippen molar-refractivity contribution in [3.8, 4) is 11.8 Å². The van der Waals surface area contributed by atoms with E-state index in [4.69, 9.17) is 0 Å². The average Bonchev–Trinajstić information content (AvgIpc) is 2.55. The topological polar surface area (TPSA) is 0 Å². The van der Waals surface area contributed by atoms with Gasteiger partial charge in [-0.1, -0.05) is 19.8 Å². The van der Waals surface area contributed by atoms with E-state index in [9.17, 15) is 0 Å². The molecule has 0 aromatic carbocycles. The second-order valence-corrected chi connectivity index (χ2v) is 3.81. The predicted octanol–water partition coefficient (Wildman–Crippen LogP) is 3.51. The van der Waals surface area contributed by atoms with Crippen LogP contribution in [0.1, 0.15) is 32.3 Å². The summed E-state index contributed by atoms with van der Waals surface area (Å²) in [5, 5.41) is 4.33. The summed E-state index contributed by atoms with van der Waals surface area (Å²) < 4.78 is 0. The molecular formula is C11H14S. The van der Waals surface area contributed by atoms with Crippen molar-refractivity contribution < 1.29 is 0 Å². The van der Waals surface area contributed by atoms with Gasteiger partial charge < -0.3 is 0 Å². The van der Waals surface area contributed by atoms with Crippen LogP contribution in [0.4, 0.5) is 0 Å². The second kappa shape index (κ2) is 4.33. The lowest BCUT2D eigenvalue weighted by atomic mass is 9.91. The number of rotatable bonds is 2. The maximum absolute atomic E-state index is 3.19. The first-order chi connectivity index (χ1) is 5.75. The van der Waals surface area contributed by atoms with Gasteiger partial charge in [0.15, 0.2) is 0 Å². The van der Waals surface area contributed by atoms with Gasteiger partial charge in [0.2, 0.25) is 0 Å². The molecule has 0 bridgehead atoms. The third kappa shape index (κ3) is 2.12. The molecule has 0 aliphatic carbocycles. The van der Waals surface area contributed by atoms with Gasteiger partial charge in [-0.25, -0.2) is 0 Å². The van der Waals surface area contributed by atoms with E-state index in [0.29, 0.717) is 11.8 Å². The van der Waals surface area contributed by atoms with Crippen LogP contribution in [-0.2, 0) is 0 Å². The Labute approximate surface area is 78.6 Å². The fourth-order valence-electron chi connectivity index (χ4n) is 1.18. The molecule has 0 saturated carbocycles. The lowest BCUT2D eigenvalue weighted by Gasteiger charge is -2.12. The molecule has 1 aromatic rings. The molecule has 0 fully saturated rings. The van der Waals surface area contributed by atoms with Crippen molar-refractivity contribution in [2.75, 3.05) is 0 Å². The maximum Gasteiger partial charge on any atom is 0.0240 e. The first kappa shape index (κ1) is 9.35. The first-order valence-corrected chi connectivity index (χ1v) is 5.14. The summed E-state index contributed by atoms with van der Waals surface area (Å²) in [7, 11) is 0. The monoisotopic (exact) mass is 178 g/mol. The molecule has 1 rings (SSSR count). The number of thiophene rings is 1. The Balaban J connectivity index is 2.69. The fourth-order valence-corrected chi connectivity index (χ4v) is 1.94. The van der Waals surface area contributed by atoms with Gasteiger partial charge in [-0.05, 0) is 35.2 Å². The Morgan fingerprint density at radius 2 is 2.17 bits per heavy atom. The zero-order valence-electron chi connectivity index (χ0n) is 7.79. The SMILES string of the molecule is CC#CC(C)C(C)c1ccsc1. The van der Waals surface area contributed by atoms with E-state index in [1.807, 2.05) is 6.92 Å². The highest BCUT2D eigenvalue weighted by Gasteiger charge is 2.11. The lowest BCUT2D eigenvalue weighted by Crippen LogP contribution is -2.02. The van der Waals surface area contributed by atoms with Gasteiger partial charge in [0.25, 0.3) is 0 Å². The zero-order chi connectivity index (χ0) is 8.97. The van der Waals surface area contributed by atoms with E-state index in [1.165, 1.54) is 5.56 Å². The fraction of sp³-hybridized carbons (Fsp3) is 0.455. The molecule has 1 aromatic heterocycles. The van der Waals surface area contributed by atoms with Gasteiger partial charge in [0.1, 0.15) is 0 Å². The Hall–Kier alpha value is -0.740. The van der Waals surface area contributed by atoms with Crippen LogP contribution in [0.15, 0.2) is 16.8 Å². The molecular weight excluding hydrogens is 164 g/mol. The summed E-state index contributed by atoms with van der Waals surface area (Å²) in [6.07, 6.45) is 0. The minimum atomic E-state index is 0.463. The van der Waals surface area contributed by atoms with E-state index in [1.54, 1.807) is 11.3 Å². The van der Waals surface area contributed by atoms with Crippen LogP contribution in [0.25, 0.3) is 0 Å². The quantitative estimate of drug-likeness (QED) is 0.608. The molecule has 2 atom stereocenters. The molecule has 0 amide bonds. The molecule has 64 valence electrons. The minimum absolute atomic E-state index is 0.463. The van der Waals surface area contributed by atoms with Crippen molar-refractivity contribution in [2.45, 2.75) is 26.7 Å². The van der Waals surface area contributed by atoms with E-state index in [0.717, 1.165) is 0 Å². The van der Waals surface area contributed by atoms with Crippen molar-refractivity contribution >= 4 is 11.3 Å². The third-order valence-corrected chi connectivity index (χ3v) is 2.89. The van der Waals surface area contributed by atoms with Crippen LogP contribution in [0, 0.1) is 17.8 Å². The highest BCUT2D eigenvalue weighted by Crippen LogP contribution is 2.25. The normalized spacial score (nSPS) is 14.6. The standard InChI is InChI=1S/C11H14S/c1-4-5-9(2)10(3)11-6-7-12-8-11/h6-10H,1-3H3. The van der Waals surface area contributed by atoms with E-state index in [2.05, 4.69) is 42.5 Å². The smallest absolute Gasteiger partial charge is 0.0240 e. The van der Waals surface area contributed by atoms with E-state index < -0.39 is 0 Å². The van der Waals surface area contributed by atoms with E-state index >= 15 is 0 Å². The molecule has 1 heterocycles. The van der Waals surface area contributed by atoms with Crippen molar-refractivity contribution in [2.24, 2.45) is 5.92 Å². The van der Waals surface area contributed by atoms with Gasteiger partial charge in [0.05, 0.1) is 0 Å². The number of hydrogen-bond acceptors (Lipinski definition) is 1. The molecule has 0 N–H and O–H groups in total. The van der Waals surface area contributed by atoms with Crippen LogP contribution in [0.3, 0.4) is 0 Å². The molecule has 0 aliphatic heterocycles. The summed E-state index contributed by atoms with van der Waals surface area (Å²) in [5.41, 5.74) is 1.41. The predicted molar refractivity (Wildman–Crippen MR) is 55.3 cm³/mol. The molecule has 1 heteroatoms. The first-order valence-electron chi connectivity index (χ1n) is 4.20. The molecule has 0 nitrogen and oxygen atoms in total. The molecule has 0 aliphatic rings. The molecule has 0 spiro atoms. The third-order valence-electron chi connectivity index (χ3n) is 2.19. The van der Waals surface area contributed by atoms with Crippen LogP contribution < -0.4 is 0 Å². The van der Waals surface area contributed by atoms with Gasteiger partial charge >= 0.3 is 0 Å². The highest BCUT2D eigenvalue weighted by molar-refractivity contribution is 7.07. The Morgan fingerprint density at radius 3 is 2.67 bits per heavy atom. The Kier molecular flexibility index (Phi) is 3.37. The summed E-state index contributed by atoms with van der Waals surface area (Å²) in [6, 6.07) is 2.18. The van der Waals surface area contributed by atoms with Crippen molar-refractivity contribution in [3.63, 3.8) is 0 Å². The highest BCUT2D eigenvalue weighted by atomic mass is 32.1. The molecule has 12 heavy (non-hydrogen) atoms. The van der Waals surface area contributed by atoms with Crippen LogP contribution in [-0.4, -0.2) is 0 Å². The lowest BCUT2D eigenvalue weighted by molar-refractivity contribution is 0.612. The van der Waals surface area contributed by atoms with Gasteiger partial charge in [-0.2, -0.15) is 11.3 Å². The van der Waals surface area contributed by atoms with Crippen LogP contribution in [0.5, 0.6) is 0 Å². The maximum atomic E-state index is 3.19. The van der Waals surface area contributed by atoms with Crippen molar-refractivity contribution in [1.82, 2.24) is 0 Å². The van der Waals surface area contributed by atoms with Gasteiger partial charge in [0, 0.05) is 5.92 Å². The molecule has 2 unspecified atom stereocenters. The Morgan fingerprint density at radius 1 is 1.42 bits per heavy atom. The van der Waals surface area contributed by atoms with Crippen molar-refractivity contribution in [1.29, 1.82) is 0 Å². The average molecular weight is 178 g/mol. The summed E-state index contributed by atoms with van der Waals surface area (Å²) >= 11 is 1.76. The molecule has 0 radical (unpaired) electrons. The summed E-state index contributed by atoms with van der Waals surface area (Å²) in [6.45, 7) is 6.31. The summed E-state index contributed by atoms with van der Waals surface area (Å²) in [4.78, 5) is 0. The molecule has 0 saturated heterocycles. The second-order valence-electron chi connectivity index (χ2n) is 3.03. The summed E-state index contributed by atoms with van der Waals surface area (Å²) in [5.74, 6) is 7.17. The van der Waals surface area contributed by atoms with Crippen LogP contribution in [0.2, 0.25) is 0 Å². The van der Waals surface area contributed by atoms with Crippen LogP contribution >= 0.6 is 11.3 Å².